The summed E-state index contributed by atoms with van der Waals surface area (Å²) in [5.41, 5.74) is 5.05. The molecule has 34 heavy (non-hydrogen) atoms. The topological polar surface area (TPSA) is 76.0 Å². The molecule has 6 nitrogen and oxygen atoms in total. The highest BCUT2D eigenvalue weighted by Gasteiger charge is 2.24. The number of fused-ring (bicyclic) bond motifs is 1. The summed E-state index contributed by atoms with van der Waals surface area (Å²) in [6.45, 7) is 1.72. The number of hydrogen-bond acceptors (Lipinski definition) is 3. The zero-order valence-electron chi connectivity index (χ0n) is 19.1. The van der Waals surface area contributed by atoms with Crippen LogP contribution in [-0.2, 0) is 11.2 Å². The van der Waals surface area contributed by atoms with Crippen molar-refractivity contribution < 1.29 is 14.0 Å². The molecular weight excluding hydrogens is 431 g/mol. The lowest BCUT2D eigenvalue weighted by Crippen LogP contribution is -2.25. The van der Waals surface area contributed by atoms with E-state index < -0.39 is 5.82 Å². The number of nitrogens with zero attached hydrogens (tertiary/aromatic N) is 2. The third-order valence-corrected chi connectivity index (χ3v) is 6.22. The minimum absolute atomic E-state index is 0.0364. The molecule has 0 saturated heterocycles. The molecule has 2 amide bonds. The van der Waals surface area contributed by atoms with Crippen LogP contribution in [0.4, 0.5) is 4.39 Å². The second kappa shape index (κ2) is 8.74. The van der Waals surface area contributed by atoms with Gasteiger partial charge in [0.2, 0.25) is 5.91 Å². The van der Waals surface area contributed by atoms with Crippen LogP contribution in [0.5, 0.6) is 0 Å². The van der Waals surface area contributed by atoms with E-state index in [0.717, 1.165) is 40.6 Å². The highest BCUT2D eigenvalue weighted by Crippen LogP contribution is 2.31. The van der Waals surface area contributed by atoms with Gasteiger partial charge in [-0.3, -0.25) is 9.59 Å². The molecule has 0 aliphatic heterocycles. The number of carbonyl (C=O) groups excluding carboxylic acids is 2. The van der Waals surface area contributed by atoms with Crippen molar-refractivity contribution in [3.63, 3.8) is 0 Å². The van der Waals surface area contributed by atoms with Crippen LogP contribution in [-0.4, -0.2) is 34.7 Å². The van der Waals surface area contributed by atoms with E-state index in [2.05, 4.69) is 15.7 Å². The van der Waals surface area contributed by atoms with Gasteiger partial charge in [0.15, 0.2) is 0 Å². The lowest BCUT2D eigenvalue weighted by molar-refractivity contribution is -0.119. The van der Waals surface area contributed by atoms with Crippen molar-refractivity contribution in [1.29, 1.82) is 0 Å². The van der Waals surface area contributed by atoms with Crippen LogP contribution in [0, 0.1) is 12.7 Å². The number of aromatic nitrogens is 2. The lowest BCUT2D eigenvalue weighted by atomic mass is 9.96. The van der Waals surface area contributed by atoms with E-state index in [4.69, 9.17) is 0 Å². The van der Waals surface area contributed by atoms with E-state index in [1.54, 1.807) is 26.2 Å². The molecule has 0 unspecified atom stereocenters. The van der Waals surface area contributed by atoms with Crippen LogP contribution in [0.15, 0.2) is 60.8 Å². The number of halogens is 1. The predicted molar refractivity (Wildman–Crippen MR) is 129 cm³/mol. The Kier molecular flexibility index (Phi) is 5.61. The molecule has 1 aliphatic rings. The van der Waals surface area contributed by atoms with Gasteiger partial charge in [-0.15, -0.1) is 0 Å². The third kappa shape index (κ3) is 4.29. The maximum absolute atomic E-state index is 14.7. The van der Waals surface area contributed by atoms with E-state index in [1.807, 2.05) is 47.1 Å². The number of benzene rings is 3. The Labute approximate surface area is 196 Å². The summed E-state index contributed by atoms with van der Waals surface area (Å²) in [5, 5.41) is 11.0. The van der Waals surface area contributed by atoms with Crippen molar-refractivity contribution in [2.75, 3.05) is 7.05 Å². The fourth-order valence-electron chi connectivity index (χ4n) is 4.04. The Balaban J connectivity index is 1.46. The van der Waals surface area contributed by atoms with Crippen LogP contribution >= 0.6 is 0 Å². The smallest absolute Gasteiger partial charge is 0.251 e. The monoisotopic (exact) mass is 456 g/mol. The number of amides is 2. The van der Waals surface area contributed by atoms with Gasteiger partial charge in [0.1, 0.15) is 5.82 Å². The van der Waals surface area contributed by atoms with Crippen molar-refractivity contribution in [3.05, 3.63) is 83.3 Å². The molecule has 0 atom stereocenters. The van der Waals surface area contributed by atoms with Gasteiger partial charge in [0.25, 0.3) is 5.91 Å². The van der Waals surface area contributed by atoms with Gasteiger partial charge >= 0.3 is 0 Å². The first kappa shape index (κ1) is 21.8. The fourth-order valence-corrected chi connectivity index (χ4v) is 4.04. The molecule has 1 aromatic heterocycles. The van der Waals surface area contributed by atoms with E-state index in [0.29, 0.717) is 23.1 Å². The zero-order chi connectivity index (χ0) is 23.8. The molecule has 4 aromatic rings. The molecule has 0 radical (unpaired) electrons. The molecule has 0 bridgehead atoms. The standard InChI is InChI=1S/C27H25FN4O2/c1-16-23(13-19(14-24(16)28)27(34)31-21-6-7-21)18-5-10-25-20(12-18)15-30-32(25)22-8-3-17(4-9-22)11-26(33)29-2/h3-5,8-10,12-15,21H,6-7,11H2,1-2H3,(H,29,33)(H,31,34). The highest BCUT2D eigenvalue weighted by molar-refractivity contribution is 5.96. The first-order chi connectivity index (χ1) is 16.4. The molecule has 0 spiro atoms. The second-order valence-electron chi connectivity index (χ2n) is 8.72. The maximum atomic E-state index is 14.7. The summed E-state index contributed by atoms with van der Waals surface area (Å²) >= 11 is 0. The third-order valence-electron chi connectivity index (χ3n) is 6.22. The van der Waals surface area contributed by atoms with Crippen LogP contribution in [0.1, 0.15) is 34.3 Å². The number of rotatable bonds is 6. The Hall–Kier alpha value is -4.00. The summed E-state index contributed by atoms with van der Waals surface area (Å²) in [7, 11) is 1.62. The molecular formula is C27H25FN4O2. The van der Waals surface area contributed by atoms with Crippen molar-refractivity contribution in [1.82, 2.24) is 20.4 Å². The van der Waals surface area contributed by atoms with Crippen molar-refractivity contribution in [2.45, 2.75) is 32.2 Å². The summed E-state index contributed by atoms with van der Waals surface area (Å²) in [6.07, 6.45) is 4.05. The van der Waals surface area contributed by atoms with Crippen LogP contribution in [0.25, 0.3) is 27.7 Å². The molecule has 2 N–H and O–H groups in total. The van der Waals surface area contributed by atoms with E-state index in [-0.39, 0.29) is 17.9 Å². The van der Waals surface area contributed by atoms with Crippen LogP contribution < -0.4 is 10.6 Å². The molecule has 1 aliphatic carbocycles. The van der Waals surface area contributed by atoms with E-state index in [1.165, 1.54) is 6.07 Å². The Bertz CT molecular complexity index is 1400. The average molecular weight is 457 g/mol. The molecule has 5 rings (SSSR count). The zero-order valence-corrected chi connectivity index (χ0v) is 19.1. The first-order valence-electron chi connectivity index (χ1n) is 11.3. The lowest BCUT2D eigenvalue weighted by Gasteiger charge is -2.12. The summed E-state index contributed by atoms with van der Waals surface area (Å²) in [5.74, 6) is -0.673. The van der Waals surface area contributed by atoms with Crippen molar-refractivity contribution in [2.24, 2.45) is 0 Å². The average Bonchev–Trinajstić information content (AvgIpc) is 3.56. The number of hydrogen-bond donors (Lipinski definition) is 2. The van der Waals surface area contributed by atoms with E-state index in [9.17, 15) is 14.0 Å². The van der Waals surface area contributed by atoms with Crippen molar-refractivity contribution >= 4 is 22.7 Å². The minimum Gasteiger partial charge on any atom is -0.359 e. The molecule has 1 fully saturated rings. The van der Waals surface area contributed by atoms with E-state index >= 15 is 0 Å². The largest absolute Gasteiger partial charge is 0.359 e. The maximum Gasteiger partial charge on any atom is 0.251 e. The van der Waals surface area contributed by atoms with Gasteiger partial charge in [-0.05, 0) is 78.4 Å². The van der Waals surface area contributed by atoms with Crippen molar-refractivity contribution in [3.8, 4) is 16.8 Å². The molecule has 1 saturated carbocycles. The molecule has 172 valence electrons. The predicted octanol–water partition coefficient (Wildman–Crippen LogP) is 4.32. The minimum atomic E-state index is -0.397. The molecule has 3 aromatic carbocycles. The summed E-state index contributed by atoms with van der Waals surface area (Å²) < 4.78 is 16.5. The first-order valence-corrected chi connectivity index (χ1v) is 11.3. The van der Waals surface area contributed by atoms with Gasteiger partial charge < -0.3 is 10.6 Å². The highest BCUT2D eigenvalue weighted by atomic mass is 19.1. The normalized spacial score (nSPS) is 13.1. The Morgan fingerprint density at radius 3 is 2.56 bits per heavy atom. The fraction of sp³-hybridized carbons (Fsp3) is 0.222. The van der Waals surface area contributed by atoms with Gasteiger partial charge in [-0.2, -0.15) is 5.10 Å². The van der Waals surface area contributed by atoms with Gasteiger partial charge in [-0.25, -0.2) is 9.07 Å². The second-order valence-corrected chi connectivity index (χ2v) is 8.72. The molecule has 1 heterocycles. The quantitative estimate of drug-likeness (QED) is 0.454. The molecule has 7 heteroatoms. The number of nitrogens with one attached hydrogen (secondary N) is 2. The number of carbonyl (C=O) groups is 2. The van der Waals surface area contributed by atoms with Gasteiger partial charge in [-0.1, -0.05) is 18.2 Å². The SMILES string of the molecule is CNC(=O)Cc1ccc(-n2ncc3cc(-c4cc(C(=O)NC5CC5)cc(F)c4C)ccc32)cc1. The Morgan fingerprint density at radius 2 is 1.85 bits per heavy atom. The van der Waals surface area contributed by atoms with Crippen LogP contribution in [0.2, 0.25) is 0 Å². The summed E-state index contributed by atoms with van der Waals surface area (Å²) in [6, 6.07) is 16.8. The van der Waals surface area contributed by atoms with Gasteiger partial charge in [0.05, 0.1) is 23.8 Å². The summed E-state index contributed by atoms with van der Waals surface area (Å²) in [4.78, 5) is 24.1. The van der Waals surface area contributed by atoms with Crippen LogP contribution in [0.3, 0.4) is 0 Å². The number of likely N-dealkylation sites (N-methyl/N-ethyl adjacent to an activating group) is 1. The Morgan fingerprint density at radius 1 is 1.09 bits per heavy atom. The van der Waals surface area contributed by atoms with Gasteiger partial charge in [0, 0.05) is 24.0 Å².